The highest BCUT2D eigenvalue weighted by molar-refractivity contribution is 4.92. The zero-order chi connectivity index (χ0) is 13.6. The van der Waals surface area contributed by atoms with Gasteiger partial charge in [0.25, 0.3) is 0 Å². The minimum Gasteiger partial charge on any atom is -0.338 e. The topological polar surface area (TPSA) is 29.9 Å². The van der Waals surface area contributed by atoms with E-state index in [1.807, 2.05) is 12.4 Å². The summed E-state index contributed by atoms with van der Waals surface area (Å²) < 4.78 is 2.12. The van der Waals surface area contributed by atoms with E-state index in [2.05, 4.69) is 49.6 Å². The van der Waals surface area contributed by atoms with Gasteiger partial charge in [-0.05, 0) is 31.2 Å². The Balaban J connectivity index is 2.40. The molecular weight excluding hydrogens is 222 g/mol. The smallest absolute Gasteiger partial charge is 0.108 e. The summed E-state index contributed by atoms with van der Waals surface area (Å²) in [5.41, 5.74) is 0.427. The molecule has 0 aromatic carbocycles. The van der Waals surface area contributed by atoms with Gasteiger partial charge >= 0.3 is 0 Å². The number of hydrogen-bond donors (Lipinski definition) is 1. The molecule has 0 aliphatic carbocycles. The zero-order valence-electron chi connectivity index (χ0n) is 12.7. The van der Waals surface area contributed by atoms with Crippen molar-refractivity contribution in [2.75, 3.05) is 6.54 Å². The van der Waals surface area contributed by atoms with E-state index in [0.717, 1.165) is 13.0 Å². The molecule has 1 heterocycles. The summed E-state index contributed by atoms with van der Waals surface area (Å²) in [7, 11) is 2.07. The van der Waals surface area contributed by atoms with Gasteiger partial charge in [0.1, 0.15) is 5.82 Å². The monoisotopic (exact) mass is 251 g/mol. The number of rotatable bonds is 7. The standard InChI is InChI=1S/C15H29N3/c1-6-16-13(9-10-15(2,3)4)7-8-14-17-11-12-18(14)5/h11-13,16H,6-10H2,1-5H3. The Morgan fingerprint density at radius 3 is 2.56 bits per heavy atom. The van der Waals surface area contributed by atoms with Crippen molar-refractivity contribution in [3.05, 3.63) is 18.2 Å². The molecule has 0 bridgehead atoms. The van der Waals surface area contributed by atoms with Crippen LogP contribution in [-0.4, -0.2) is 22.1 Å². The fraction of sp³-hybridized carbons (Fsp3) is 0.800. The molecule has 1 unspecified atom stereocenters. The van der Waals surface area contributed by atoms with Crippen LogP contribution in [0.15, 0.2) is 12.4 Å². The van der Waals surface area contributed by atoms with Crippen molar-refractivity contribution < 1.29 is 0 Å². The molecule has 1 aromatic heterocycles. The summed E-state index contributed by atoms with van der Waals surface area (Å²) in [6, 6.07) is 0.617. The van der Waals surface area contributed by atoms with Crippen molar-refractivity contribution in [3.8, 4) is 0 Å². The minimum atomic E-state index is 0.427. The second-order valence-electron chi connectivity index (χ2n) is 6.35. The van der Waals surface area contributed by atoms with Gasteiger partial charge < -0.3 is 9.88 Å². The Labute approximate surface area is 112 Å². The average molecular weight is 251 g/mol. The summed E-state index contributed by atoms with van der Waals surface area (Å²) in [4.78, 5) is 4.39. The molecule has 1 rings (SSSR count). The number of nitrogens with one attached hydrogen (secondary N) is 1. The lowest BCUT2D eigenvalue weighted by Gasteiger charge is -2.23. The fourth-order valence-electron chi connectivity index (χ4n) is 2.19. The van der Waals surface area contributed by atoms with Crippen LogP contribution in [0.5, 0.6) is 0 Å². The molecule has 3 heteroatoms. The van der Waals surface area contributed by atoms with Crippen molar-refractivity contribution >= 4 is 0 Å². The van der Waals surface area contributed by atoms with Crippen molar-refractivity contribution in [2.24, 2.45) is 12.5 Å². The van der Waals surface area contributed by atoms with Gasteiger partial charge in [-0.1, -0.05) is 27.7 Å². The van der Waals surface area contributed by atoms with Crippen LogP contribution in [0.2, 0.25) is 0 Å². The molecule has 0 aliphatic rings. The molecule has 3 nitrogen and oxygen atoms in total. The van der Waals surface area contributed by atoms with E-state index in [0.29, 0.717) is 11.5 Å². The highest BCUT2D eigenvalue weighted by Crippen LogP contribution is 2.22. The first-order valence-electron chi connectivity index (χ1n) is 7.12. The second kappa shape index (κ2) is 6.93. The summed E-state index contributed by atoms with van der Waals surface area (Å²) >= 11 is 0. The lowest BCUT2D eigenvalue weighted by Crippen LogP contribution is -2.30. The molecule has 0 amide bonds. The first-order valence-corrected chi connectivity index (χ1v) is 7.12. The largest absolute Gasteiger partial charge is 0.338 e. The van der Waals surface area contributed by atoms with Crippen molar-refractivity contribution in [2.45, 2.75) is 59.4 Å². The van der Waals surface area contributed by atoms with Crippen molar-refractivity contribution in [1.82, 2.24) is 14.9 Å². The maximum Gasteiger partial charge on any atom is 0.108 e. The van der Waals surface area contributed by atoms with Crippen LogP contribution in [0.4, 0.5) is 0 Å². The number of aromatic nitrogens is 2. The Morgan fingerprint density at radius 2 is 2.06 bits per heavy atom. The molecule has 1 N–H and O–H groups in total. The second-order valence-corrected chi connectivity index (χ2v) is 6.35. The van der Waals surface area contributed by atoms with E-state index in [4.69, 9.17) is 0 Å². The number of nitrogens with zero attached hydrogens (tertiary/aromatic N) is 2. The molecule has 1 atom stereocenters. The van der Waals surface area contributed by atoms with Crippen LogP contribution in [0, 0.1) is 5.41 Å². The van der Waals surface area contributed by atoms with E-state index < -0.39 is 0 Å². The van der Waals surface area contributed by atoms with Crippen molar-refractivity contribution in [1.29, 1.82) is 0 Å². The van der Waals surface area contributed by atoms with E-state index in [1.54, 1.807) is 0 Å². The Hall–Kier alpha value is -0.830. The molecule has 18 heavy (non-hydrogen) atoms. The van der Waals surface area contributed by atoms with Crippen LogP contribution in [0.1, 0.15) is 52.8 Å². The van der Waals surface area contributed by atoms with Gasteiger partial charge in [-0.15, -0.1) is 0 Å². The Morgan fingerprint density at radius 1 is 1.33 bits per heavy atom. The summed E-state index contributed by atoms with van der Waals surface area (Å²) in [5, 5.41) is 3.60. The normalized spacial score (nSPS) is 13.8. The number of imidazole rings is 1. The third kappa shape index (κ3) is 5.67. The van der Waals surface area contributed by atoms with Crippen LogP contribution in [0.3, 0.4) is 0 Å². The highest BCUT2D eigenvalue weighted by Gasteiger charge is 2.15. The molecule has 0 saturated carbocycles. The molecule has 0 fully saturated rings. The Kier molecular flexibility index (Phi) is 5.86. The highest BCUT2D eigenvalue weighted by atomic mass is 15.0. The summed E-state index contributed by atoms with van der Waals surface area (Å²) in [6.45, 7) is 10.2. The summed E-state index contributed by atoms with van der Waals surface area (Å²) in [5.74, 6) is 1.19. The first kappa shape index (κ1) is 15.2. The molecule has 0 spiro atoms. The van der Waals surface area contributed by atoms with Gasteiger partial charge in [0.05, 0.1) is 0 Å². The number of aryl methyl sites for hydroxylation is 2. The molecule has 0 saturated heterocycles. The molecule has 1 aromatic rings. The van der Waals surface area contributed by atoms with Crippen LogP contribution < -0.4 is 5.32 Å². The molecule has 104 valence electrons. The van der Waals surface area contributed by atoms with Gasteiger partial charge in [-0.3, -0.25) is 0 Å². The summed E-state index contributed by atoms with van der Waals surface area (Å²) in [6.07, 6.45) is 8.66. The lowest BCUT2D eigenvalue weighted by atomic mass is 9.88. The minimum absolute atomic E-state index is 0.427. The Bertz CT molecular complexity index is 336. The maximum atomic E-state index is 4.39. The zero-order valence-corrected chi connectivity index (χ0v) is 12.7. The van der Waals surface area contributed by atoms with Gasteiger partial charge in [0.2, 0.25) is 0 Å². The van der Waals surface area contributed by atoms with Crippen molar-refractivity contribution in [3.63, 3.8) is 0 Å². The predicted molar refractivity (Wildman–Crippen MR) is 77.7 cm³/mol. The van der Waals surface area contributed by atoms with Gasteiger partial charge in [0, 0.05) is 31.9 Å². The number of hydrogen-bond acceptors (Lipinski definition) is 2. The van der Waals surface area contributed by atoms with Gasteiger partial charge in [-0.25, -0.2) is 4.98 Å². The first-order chi connectivity index (χ1) is 8.42. The van der Waals surface area contributed by atoms with Crippen LogP contribution in [0.25, 0.3) is 0 Å². The average Bonchev–Trinajstić information content (AvgIpc) is 2.67. The molecular formula is C15H29N3. The van der Waals surface area contributed by atoms with E-state index >= 15 is 0 Å². The quantitative estimate of drug-likeness (QED) is 0.806. The maximum absolute atomic E-state index is 4.39. The van der Waals surface area contributed by atoms with Crippen LogP contribution in [-0.2, 0) is 13.5 Å². The predicted octanol–water partition coefficient (Wildman–Crippen LogP) is 3.16. The third-order valence-corrected chi connectivity index (χ3v) is 3.37. The lowest BCUT2D eigenvalue weighted by molar-refractivity contribution is 0.323. The third-order valence-electron chi connectivity index (χ3n) is 3.37. The van der Waals surface area contributed by atoms with E-state index in [9.17, 15) is 0 Å². The van der Waals surface area contributed by atoms with Gasteiger partial charge in [0.15, 0.2) is 0 Å². The molecule has 0 aliphatic heterocycles. The van der Waals surface area contributed by atoms with Gasteiger partial charge in [-0.2, -0.15) is 0 Å². The fourth-order valence-corrected chi connectivity index (χ4v) is 2.19. The van der Waals surface area contributed by atoms with E-state index in [1.165, 1.54) is 25.1 Å². The van der Waals surface area contributed by atoms with E-state index in [-0.39, 0.29) is 0 Å². The molecule has 0 radical (unpaired) electrons. The SMILES string of the molecule is CCNC(CCc1nccn1C)CCC(C)(C)C. The van der Waals surface area contributed by atoms with Crippen LogP contribution >= 0.6 is 0 Å².